The van der Waals surface area contributed by atoms with E-state index in [0.717, 1.165) is 35.6 Å². The predicted molar refractivity (Wildman–Crippen MR) is 79.5 cm³/mol. The number of carbonyl (C=O) groups is 1. The summed E-state index contributed by atoms with van der Waals surface area (Å²) in [5.74, 6) is 1.43. The van der Waals surface area contributed by atoms with Crippen LogP contribution in [0.3, 0.4) is 0 Å². The number of benzene rings is 1. The summed E-state index contributed by atoms with van der Waals surface area (Å²) in [4.78, 5) is 11.0. The van der Waals surface area contributed by atoms with Crippen LogP contribution in [0.4, 0.5) is 0 Å². The highest BCUT2D eigenvalue weighted by atomic mass is 16.5. The fourth-order valence-electron chi connectivity index (χ4n) is 3.03. The first kappa shape index (κ1) is 14.9. The van der Waals surface area contributed by atoms with Crippen molar-refractivity contribution in [3.8, 4) is 5.75 Å². The van der Waals surface area contributed by atoms with Crippen LogP contribution in [0.2, 0.25) is 0 Å². The zero-order valence-corrected chi connectivity index (χ0v) is 12.8. The van der Waals surface area contributed by atoms with Crippen molar-refractivity contribution < 1.29 is 14.6 Å². The van der Waals surface area contributed by atoms with E-state index in [4.69, 9.17) is 9.84 Å². The molecule has 110 valence electrons. The standard InChI is InChI=1S/C17H24O3/c1-10-5-6-15(9-11(10)2)20-16-12(3)7-14(17(18)19)8-13(16)4/h7-8,10-11,15H,5-6,9H2,1-4H3,(H,18,19). The van der Waals surface area contributed by atoms with Gasteiger partial charge in [0.25, 0.3) is 0 Å². The van der Waals surface area contributed by atoms with Crippen molar-refractivity contribution in [1.29, 1.82) is 0 Å². The van der Waals surface area contributed by atoms with E-state index in [1.807, 2.05) is 13.8 Å². The maximum Gasteiger partial charge on any atom is 0.335 e. The fraction of sp³-hybridized carbons (Fsp3) is 0.588. The van der Waals surface area contributed by atoms with Gasteiger partial charge >= 0.3 is 5.97 Å². The van der Waals surface area contributed by atoms with Crippen LogP contribution >= 0.6 is 0 Å². The number of carboxylic acids is 1. The minimum absolute atomic E-state index is 0.259. The highest BCUT2D eigenvalue weighted by Gasteiger charge is 2.26. The van der Waals surface area contributed by atoms with Crippen LogP contribution in [0.25, 0.3) is 0 Å². The molecule has 20 heavy (non-hydrogen) atoms. The average Bonchev–Trinajstić information content (AvgIpc) is 2.37. The molecule has 0 aromatic heterocycles. The normalized spacial score (nSPS) is 26.3. The van der Waals surface area contributed by atoms with Gasteiger partial charge in [-0.1, -0.05) is 13.8 Å². The van der Waals surface area contributed by atoms with E-state index in [-0.39, 0.29) is 6.10 Å². The van der Waals surface area contributed by atoms with Gasteiger partial charge in [-0.05, 0) is 68.2 Å². The summed E-state index contributed by atoms with van der Waals surface area (Å²) in [5, 5.41) is 9.07. The van der Waals surface area contributed by atoms with E-state index < -0.39 is 5.97 Å². The Morgan fingerprint density at radius 2 is 1.75 bits per heavy atom. The molecular formula is C17H24O3. The Labute approximate surface area is 121 Å². The summed E-state index contributed by atoms with van der Waals surface area (Å²) in [6.45, 7) is 8.43. The summed E-state index contributed by atoms with van der Waals surface area (Å²) in [7, 11) is 0. The van der Waals surface area contributed by atoms with E-state index >= 15 is 0 Å². The van der Waals surface area contributed by atoms with Crippen LogP contribution in [0.15, 0.2) is 12.1 Å². The average molecular weight is 276 g/mol. The van der Waals surface area contributed by atoms with Crippen molar-refractivity contribution in [3.63, 3.8) is 0 Å². The molecule has 0 spiro atoms. The van der Waals surface area contributed by atoms with Gasteiger partial charge in [-0.25, -0.2) is 4.79 Å². The van der Waals surface area contributed by atoms with Crippen LogP contribution in [-0.2, 0) is 0 Å². The Balaban J connectivity index is 2.16. The molecule has 0 amide bonds. The lowest BCUT2D eigenvalue weighted by Crippen LogP contribution is -2.29. The topological polar surface area (TPSA) is 46.5 Å². The van der Waals surface area contributed by atoms with Crippen molar-refractivity contribution in [3.05, 3.63) is 28.8 Å². The van der Waals surface area contributed by atoms with Crippen molar-refractivity contribution >= 4 is 5.97 Å². The van der Waals surface area contributed by atoms with Gasteiger partial charge in [-0.3, -0.25) is 0 Å². The molecular weight excluding hydrogens is 252 g/mol. The molecule has 3 nitrogen and oxygen atoms in total. The number of carboxylic acid groups (broad SMARTS) is 1. The number of rotatable bonds is 3. The molecule has 0 saturated heterocycles. The Morgan fingerprint density at radius 1 is 1.15 bits per heavy atom. The molecule has 3 unspecified atom stereocenters. The molecule has 0 heterocycles. The van der Waals surface area contributed by atoms with Gasteiger partial charge in [0.1, 0.15) is 5.75 Å². The molecule has 1 aliphatic rings. The lowest BCUT2D eigenvalue weighted by Gasteiger charge is -2.33. The summed E-state index contributed by atoms with van der Waals surface area (Å²) in [6, 6.07) is 3.39. The third-order valence-electron chi connectivity index (χ3n) is 4.54. The first-order chi connectivity index (χ1) is 9.38. The second-order valence-electron chi connectivity index (χ2n) is 6.25. The Kier molecular flexibility index (Phi) is 4.36. The lowest BCUT2D eigenvalue weighted by molar-refractivity contribution is 0.0696. The van der Waals surface area contributed by atoms with Gasteiger partial charge in [0.05, 0.1) is 11.7 Å². The molecule has 1 aromatic rings. The second-order valence-corrected chi connectivity index (χ2v) is 6.25. The Bertz CT molecular complexity index is 484. The van der Waals surface area contributed by atoms with Crippen LogP contribution in [0, 0.1) is 25.7 Å². The maximum atomic E-state index is 11.0. The predicted octanol–water partition coefficient (Wildman–Crippen LogP) is 4.21. The molecule has 0 bridgehead atoms. The molecule has 1 N–H and O–H groups in total. The van der Waals surface area contributed by atoms with Crippen LogP contribution in [-0.4, -0.2) is 17.2 Å². The zero-order valence-electron chi connectivity index (χ0n) is 12.8. The van der Waals surface area contributed by atoms with Gasteiger partial charge in [-0.2, -0.15) is 0 Å². The molecule has 0 aliphatic heterocycles. The van der Waals surface area contributed by atoms with Gasteiger partial charge in [-0.15, -0.1) is 0 Å². The molecule has 2 rings (SSSR count). The Morgan fingerprint density at radius 3 is 2.25 bits per heavy atom. The zero-order chi connectivity index (χ0) is 14.9. The molecule has 1 saturated carbocycles. The largest absolute Gasteiger partial charge is 0.490 e. The number of ether oxygens (including phenoxy) is 1. The minimum atomic E-state index is -0.886. The van der Waals surface area contributed by atoms with Crippen molar-refractivity contribution in [2.24, 2.45) is 11.8 Å². The van der Waals surface area contributed by atoms with Crippen molar-refractivity contribution in [2.45, 2.75) is 53.1 Å². The summed E-state index contributed by atoms with van der Waals surface area (Å²) in [5.41, 5.74) is 2.15. The van der Waals surface area contributed by atoms with Gasteiger partial charge in [0.2, 0.25) is 0 Å². The molecule has 0 radical (unpaired) electrons. The summed E-state index contributed by atoms with van der Waals surface area (Å²) in [6.07, 6.45) is 3.64. The highest BCUT2D eigenvalue weighted by Crippen LogP contribution is 2.34. The first-order valence-corrected chi connectivity index (χ1v) is 7.39. The van der Waals surface area contributed by atoms with Crippen LogP contribution < -0.4 is 4.74 Å². The number of hydrogen-bond acceptors (Lipinski definition) is 2. The monoisotopic (exact) mass is 276 g/mol. The van der Waals surface area contributed by atoms with Crippen molar-refractivity contribution in [1.82, 2.24) is 0 Å². The van der Waals surface area contributed by atoms with E-state index in [9.17, 15) is 4.79 Å². The molecule has 3 atom stereocenters. The summed E-state index contributed by atoms with van der Waals surface area (Å²) < 4.78 is 6.18. The Hall–Kier alpha value is -1.51. The van der Waals surface area contributed by atoms with E-state index in [2.05, 4.69) is 13.8 Å². The van der Waals surface area contributed by atoms with E-state index in [1.54, 1.807) is 12.1 Å². The molecule has 1 aliphatic carbocycles. The number of hydrogen-bond donors (Lipinski definition) is 1. The number of aromatic carboxylic acids is 1. The quantitative estimate of drug-likeness (QED) is 0.899. The minimum Gasteiger partial charge on any atom is -0.490 e. The van der Waals surface area contributed by atoms with Crippen LogP contribution in [0.5, 0.6) is 5.75 Å². The third-order valence-corrected chi connectivity index (χ3v) is 4.54. The fourth-order valence-corrected chi connectivity index (χ4v) is 3.03. The van der Waals surface area contributed by atoms with Crippen LogP contribution in [0.1, 0.15) is 54.6 Å². The smallest absolute Gasteiger partial charge is 0.335 e. The van der Waals surface area contributed by atoms with E-state index in [0.29, 0.717) is 11.5 Å². The van der Waals surface area contributed by atoms with Gasteiger partial charge in [0.15, 0.2) is 0 Å². The lowest BCUT2D eigenvalue weighted by atomic mass is 9.80. The van der Waals surface area contributed by atoms with Gasteiger partial charge < -0.3 is 9.84 Å². The van der Waals surface area contributed by atoms with E-state index in [1.165, 1.54) is 6.42 Å². The molecule has 1 fully saturated rings. The number of aryl methyl sites for hydroxylation is 2. The maximum absolute atomic E-state index is 11.0. The molecule has 3 heteroatoms. The van der Waals surface area contributed by atoms with Gasteiger partial charge in [0, 0.05) is 0 Å². The highest BCUT2D eigenvalue weighted by molar-refractivity contribution is 5.88. The SMILES string of the molecule is Cc1cc(C(=O)O)cc(C)c1OC1CCC(C)C(C)C1. The molecule has 1 aromatic carbocycles. The first-order valence-electron chi connectivity index (χ1n) is 7.39. The third kappa shape index (κ3) is 3.14. The van der Waals surface area contributed by atoms with Crippen molar-refractivity contribution in [2.75, 3.05) is 0 Å². The second kappa shape index (κ2) is 5.86. The summed E-state index contributed by atoms with van der Waals surface area (Å²) >= 11 is 0.